The van der Waals surface area contributed by atoms with E-state index < -0.39 is 0 Å². The van der Waals surface area contributed by atoms with Crippen LogP contribution in [-0.2, 0) is 4.74 Å². The highest BCUT2D eigenvalue weighted by Crippen LogP contribution is 2.38. The van der Waals surface area contributed by atoms with Gasteiger partial charge in [0.15, 0.2) is 0 Å². The van der Waals surface area contributed by atoms with Gasteiger partial charge in [0.2, 0.25) is 0 Å². The summed E-state index contributed by atoms with van der Waals surface area (Å²) in [6.07, 6.45) is 1.96. The summed E-state index contributed by atoms with van der Waals surface area (Å²) >= 11 is 3.22. The minimum atomic E-state index is -0.213. The molecule has 1 heterocycles. The molecule has 66 valence electrons. The summed E-state index contributed by atoms with van der Waals surface area (Å²) in [6.45, 7) is 4.16. The van der Waals surface area contributed by atoms with Crippen LogP contribution in [0, 0.1) is 0 Å². The Labute approximate surface area is 76.1 Å². The Hall–Kier alpha value is 0.400. The molecule has 1 rings (SSSR count). The van der Waals surface area contributed by atoms with Gasteiger partial charge in [-0.05, 0) is 26.7 Å². The molecule has 0 aliphatic carbocycles. The molecule has 3 heteroatoms. The molecule has 1 fully saturated rings. The molecule has 0 aromatic heterocycles. The van der Waals surface area contributed by atoms with E-state index in [0.29, 0.717) is 11.4 Å². The van der Waals surface area contributed by atoms with Crippen molar-refractivity contribution in [2.75, 3.05) is 5.33 Å². The molecule has 1 saturated heterocycles. The van der Waals surface area contributed by atoms with Crippen LogP contribution < -0.4 is 0 Å². The van der Waals surface area contributed by atoms with Crippen molar-refractivity contribution in [1.82, 2.24) is 0 Å². The molecule has 0 aromatic carbocycles. The van der Waals surface area contributed by atoms with Gasteiger partial charge in [0.25, 0.3) is 0 Å². The minimum absolute atomic E-state index is 0.0754. The van der Waals surface area contributed by atoms with Gasteiger partial charge in [-0.1, -0.05) is 15.9 Å². The van der Waals surface area contributed by atoms with Crippen molar-refractivity contribution in [3.8, 4) is 0 Å². The highest BCUT2D eigenvalue weighted by Gasteiger charge is 2.46. The van der Waals surface area contributed by atoms with Crippen LogP contribution in [-0.4, -0.2) is 28.2 Å². The maximum Gasteiger partial charge on any atom is 0.0892 e. The van der Waals surface area contributed by atoms with Crippen LogP contribution in [0.2, 0.25) is 0 Å². The van der Waals surface area contributed by atoms with Gasteiger partial charge in [0.1, 0.15) is 0 Å². The number of rotatable bonds is 4. The van der Waals surface area contributed by atoms with Crippen LogP contribution in [0.25, 0.3) is 0 Å². The van der Waals surface area contributed by atoms with E-state index in [-0.39, 0.29) is 11.7 Å². The highest BCUT2D eigenvalue weighted by molar-refractivity contribution is 9.09. The topological polar surface area (TPSA) is 32.8 Å². The van der Waals surface area contributed by atoms with E-state index in [1.165, 1.54) is 0 Å². The average molecular weight is 223 g/mol. The monoisotopic (exact) mass is 222 g/mol. The lowest BCUT2D eigenvalue weighted by molar-refractivity contribution is 0.182. The summed E-state index contributed by atoms with van der Waals surface area (Å²) < 4.78 is 5.37. The van der Waals surface area contributed by atoms with Gasteiger partial charge in [0, 0.05) is 5.33 Å². The quantitative estimate of drug-likeness (QED) is 0.581. The fourth-order valence-electron chi connectivity index (χ4n) is 1.16. The normalized spacial score (nSPS) is 30.0. The molecular weight excluding hydrogens is 208 g/mol. The minimum Gasteiger partial charge on any atom is -0.392 e. The molecule has 0 spiro atoms. The standard InChI is InChI=1S/C8H15BrO2/c1-8(2)7(11-8)4-3-6(10)5-9/h6-7,10H,3-5H2,1-2H3. The molecule has 2 unspecified atom stereocenters. The summed E-state index contributed by atoms with van der Waals surface area (Å²) in [5.41, 5.74) is 0.0754. The van der Waals surface area contributed by atoms with Crippen LogP contribution in [0.3, 0.4) is 0 Å². The van der Waals surface area contributed by atoms with Crippen molar-refractivity contribution in [3.05, 3.63) is 0 Å². The number of alkyl halides is 1. The molecule has 2 atom stereocenters. The summed E-state index contributed by atoms with van der Waals surface area (Å²) in [6, 6.07) is 0. The Kier molecular flexibility index (Phi) is 2.95. The van der Waals surface area contributed by atoms with E-state index in [2.05, 4.69) is 29.8 Å². The number of epoxide rings is 1. The van der Waals surface area contributed by atoms with Crippen LogP contribution in [0.4, 0.5) is 0 Å². The van der Waals surface area contributed by atoms with E-state index >= 15 is 0 Å². The van der Waals surface area contributed by atoms with Gasteiger partial charge in [0.05, 0.1) is 17.8 Å². The highest BCUT2D eigenvalue weighted by atomic mass is 79.9. The third-order valence-corrected chi connectivity index (χ3v) is 2.85. The van der Waals surface area contributed by atoms with Gasteiger partial charge in [-0.2, -0.15) is 0 Å². The number of ether oxygens (including phenoxy) is 1. The zero-order valence-corrected chi connectivity index (χ0v) is 8.60. The molecule has 0 saturated carbocycles. The van der Waals surface area contributed by atoms with Crippen molar-refractivity contribution in [3.63, 3.8) is 0 Å². The first-order valence-electron chi connectivity index (χ1n) is 3.98. The first-order valence-corrected chi connectivity index (χ1v) is 5.10. The molecule has 1 N–H and O–H groups in total. The van der Waals surface area contributed by atoms with Crippen molar-refractivity contribution in [2.24, 2.45) is 0 Å². The van der Waals surface area contributed by atoms with Gasteiger partial charge in [-0.15, -0.1) is 0 Å². The first-order chi connectivity index (χ1) is 5.06. The Morgan fingerprint density at radius 3 is 2.55 bits per heavy atom. The fourth-order valence-corrected chi connectivity index (χ4v) is 1.48. The number of hydrogen-bond acceptors (Lipinski definition) is 2. The van der Waals surface area contributed by atoms with E-state index in [1.807, 2.05) is 0 Å². The summed E-state index contributed by atoms with van der Waals surface area (Å²) in [5.74, 6) is 0. The molecule has 0 bridgehead atoms. The van der Waals surface area contributed by atoms with Crippen molar-refractivity contribution >= 4 is 15.9 Å². The number of aliphatic hydroxyl groups excluding tert-OH is 1. The molecule has 1 aliphatic rings. The van der Waals surface area contributed by atoms with Gasteiger partial charge in [-0.25, -0.2) is 0 Å². The predicted molar refractivity (Wildman–Crippen MR) is 48.0 cm³/mol. The Balaban J connectivity index is 2.06. The van der Waals surface area contributed by atoms with E-state index in [4.69, 9.17) is 4.74 Å². The molecule has 11 heavy (non-hydrogen) atoms. The van der Waals surface area contributed by atoms with E-state index in [0.717, 1.165) is 12.8 Å². The number of halogens is 1. The smallest absolute Gasteiger partial charge is 0.0892 e. The van der Waals surface area contributed by atoms with E-state index in [9.17, 15) is 5.11 Å². The van der Waals surface area contributed by atoms with Gasteiger partial charge >= 0.3 is 0 Å². The van der Waals surface area contributed by atoms with Crippen molar-refractivity contribution < 1.29 is 9.84 Å². The molecular formula is C8H15BrO2. The second-order valence-corrected chi connectivity index (χ2v) is 4.24. The van der Waals surface area contributed by atoms with Crippen LogP contribution in [0.1, 0.15) is 26.7 Å². The largest absolute Gasteiger partial charge is 0.392 e. The Bertz CT molecular complexity index is 136. The fraction of sp³-hybridized carbons (Fsp3) is 1.00. The number of aliphatic hydroxyl groups is 1. The lowest BCUT2D eigenvalue weighted by Crippen LogP contribution is -2.11. The van der Waals surface area contributed by atoms with E-state index in [1.54, 1.807) is 0 Å². The number of hydrogen-bond donors (Lipinski definition) is 1. The zero-order chi connectivity index (χ0) is 8.48. The third kappa shape index (κ3) is 2.73. The predicted octanol–water partition coefficient (Wildman–Crippen LogP) is 1.70. The van der Waals surface area contributed by atoms with Crippen LogP contribution >= 0.6 is 15.9 Å². The van der Waals surface area contributed by atoms with Crippen molar-refractivity contribution in [1.29, 1.82) is 0 Å². The Morgan fingerprint density at radius 1 is 1.64 bits per heavy atom. The Morgan fingerprint density at radius 2 is 2.18 bits per heavy atom. The zero-order valence-electron chi connectivity index (χ0n) is 7.01. The SMILES string of the molecule is CC1(C)OC1CCC(O)CBr. The van der Waals surface area contributed by atoms with Crippen LogP contribution in [0.5, 0.6) is 0 Å². The summed E-state index contributed by atoms with van der Waals surface area (Å²) in [7, 11) is 0. The van der Waals surface area contributed by atoms with Gasteiger partial charge < -0.3 is 9.84 Å². The van der Waals surface area contributed by atoms with Gasteiger partial charge in [-0.3, -0.25) is 0 Å². The summed E-state index contributed by atoms with van der Waals surface area (Å²) in [4.78, 5) is 0. The maximum absolute atomic E-state index is 9.20. The molecule has 0 radical (unpaired) electrons. The average Bonchev–Trinajstić information content (AvgIpc) is 2.54. The second-order valence-electron chi connectivity index (χ2n) is 3.60. The molecule has 1 aliphatic heterocycles. The lowest BCUT2D eigenvalue weighted by atomic mass is 10.1. The molecule has 0 amide bonds. The third-order valence-electron chi connectivity index (χ3n) is 2.10. The van der Waals surface area contributed by atoms with Crippen molar-refractivity contribution in [2.45, 2.75) is 44.5 Å². The first kappa shape index (κ1) is 9.49. The molecule has 2 nitrogen and oxygen atoms in total. The summed E-state index contributed by atoms with van der Waals surface area (Å²) in [5, 5.41) is 9.87. The van der Waals surface area contributed by atoms with Crippen LogP contribution in [0.15, 0.2) is 0 Å². The maximum atomic E-state index is 9.20. The second kappa shape index (κ2) is 3.42. The molecule has 0 aromatic rings. The lowest BCUT2D eigenvalue weighted by Gasteiger charge is -2.04.